The molecule has 0 bridgehead atoms. The van der Waals surface area contributed by atoms with Gasteiger partial charge in [0.15, 0.2) is 0 Å². The quantitative estimate of drug-likeness (QED) is 0.233. The van der Waals surface area contributed by atoms with Crippen LogP contribution in [0.15, 0.2) is 150 Å². The molecule has 0 unspecified atom stereocenters. The maximum atomic E-state index is 6.83. The fraction of sp³-hybridized carbons (Fsp3) is 0.0526. The maximum Gasteiger partial charge on any atom is 0.141 e. The summed E-state index contributed by atoms with van der Waals surface area (Å²) < 4.78 is 6.83. The van der Waals surface area contributed by atoms with E-state index in [2.05, 4.69) is 151 Å². The fourth-order valence-corrected chi connectivity index (χ4v) is 6.75. The van der Waals surface area contributed by atoms with Gasteiger partial charge in [-0.25, -0.2) is 0 Å². The van der Waals surface area contributed by atoms with Crippen molar-refractivity contribution in [2.75, 3.05) is 4.90 Å². The molecule has 1 aliphatic carbocycles. The highest BCUT2D eigenvalue weighted by Gasteiger charge is 2.44. The number of hydrogen-bond acceptors (Lipinski definition) is 2. The van der Waals surface area contributed by atoms with E-state index in [1.165, 1.54) is 27.8 Å². The third-order valence-corrected chi connectivity index (χ3v) is 8.52. The van der Waals surface area contributed by atoms with Gasteiger partial charge >= 0.3 is 0 Å². The van der Waals surface area contributed by atoms with Gasteiger partial charge < -0.3 is 9.32 Å². The monoisotopic (exact) mass is 513 g/mol. The maximum absolute atomic E-state index is 6.83. The lowest BCUT2D eigenvalue weighted by Gasteiger charge is -2.35. The molecule has 0 amide bonds. The van der Waals surface area contributed by atoms with Gasteiger partial charge in [0.05, 0.1) is 5.69 Å². The number of benzene rings is 6. The topological polar surface area (TPSA) is 16.4 Å². The van der Waals surface area contributed by atoms with Gasteiger partial charge in [-0.3, -0.25) is 0 Å². The molecular formula is C38H27NO. The Morgan fingerprint density at radius 1 is 0.500 bits per heavy atom. The number of rotatable bonds is 4. The average molecular weight is 514 g/mol. The molecule has 1 heterocycles. The number of nitrogens with zero attached hydrogens (tertiary/aromatic N) is 1. The van der Waals surface area contributed by atoms with E-state index in [-0.39, 0.29) is 0 Å². The van der Waals surface area contributed by atoms with Crippen molar-refractivity contribution in [2.24, 2.45) is 0 Å². The van der Waals surface area contributed by atoms with E-state index in [1.54, 1.807) is 0 Å². The Labute approximate surface area is 233 Å². The molecule has 1 aliphatic rings. The third-order valence-electron chi connectivity index (χ3n) is 8.52. The molecule has 40 heavy (non-hydrogen) atoms. The number of fused-ring (bicyclic) bond motifs is 6. The second-order valence-electron chi connectivity index (χ2n) is 10.7. The summed E-state index contributed by atoms with van der Waals surface area (Å²) >= 11 is 0. The normalized spacial score (nSPS) is 13.3. The predicted octanol–water partition coefficient (Wildman–Crippen LogP) is 10.4. The Morgan fingerprint density at radius 2 is 1.02 bits per heavy atom. The van der Waals surface area contributed by atoms with Gasteiger partial charge in [-0.1, -0.05) is 103 Å². The molecule has 0 aliphatic heterocycles. The number of anilines is 3. The summed E-state index contributed by atoms with van der Waals surface area (Å²) in [5, 5.41) is 2.28. The highest BCUT2D eigenvalue weighted by Crippen LogP contribution is 2.57. The summed E-state index contributed by atoms with van der Waals surface area (Å²) in [5.74, 6) is 0. The minimum Gasteiger partial charge on any atom is -0.456 e. The van der Waals surface area contributed by atoms with Gasteiger partial charge in [0.25, 0.3) is 0 Å². The van der Waals surface area contributed by atoms with Crippen LogP contribution in [0.4, 0.5) is 17.1 Å². The van der Waals surface area contributed by atoms with Crippen LogP contribution in [0.2, 0.25) is 0 Å². The summed E-state index contributed by atoms with van der Waals surface area (Å²) in [4.78, 5) is 2.37. The molecule has 2 nitrogen and oxygen atoms in total. The van der Waals surface area contributed by atoms with Crippen LogP contribution in [0.1, 0.15) is 23.6 Å². The van der Waals surface area contributed by atoms with E-state index in [0.29, 0.717) is 0 Å². The molecule has 2 heteroatoms. The van der Waals surface area contributed by atoms with Crippen LogP contribution in [-0.4, -0.2) is 0 Å². The molecule has 190 valence electrons. The Kier molecular flexibility index (Phi) is 4.99. The van der Waals surface area contributed by atoms with E-state index in [9.17, 15) is 0 Å². The second-order valence-corrected chi connectivity index (χ2v) is 10.7. The molecule has 0 saturated heterocycles. The van der Waals surface area contributed by atoms with Crippen molar-refractivity contribution in [1.82, 2.24) is 0 Å². The Morgan fingerprint density at radius 3 is 1.65 bits per heavy atom. The molecule has 1 aromatic heterocycles. The zero-order valence-corrected chi connectivity index (χ0v) is 22.2. The highest BCUT2D eigenvalue weighted by atomic mass is 16.3. The van der Waals surface area contributed by atoms with E-state index >= 15 is 0 Å². The van der Waals surface area contributed by atoms with E-state index in [1.807, 2.05) is 6.07 Å². The molecule has 0 N–H and O–H groups in total. The first-order valence-corrected chi connectivity index (χ1v) is 13.8. The number of para-hydroxylation sites is 3. The van der Waals surface area contributed by atoms with Gasteiger partial charge in [-0.2, -0.15) is 0 Å². The highest BCUT2D eigenvalue weighted by molar-refractivity contribution is 6.09. The first kappa shape index (κ1) is 22.9. The van der Waals surface area contributed by atoms with Crippen LogP contribution in [0.5, 0.6) is 0 Å². The molecule has 0 radical (unpaired) electrons. The van der Waals surface area contributed by atoms with Crippen LogP contribution >= 0.6 is 0 Å². The smallest absolute Gasteiger partial charge is 0.141 e. The molecule has 0 fully saturated rings. The van der Waals surface area contributed by atoms with Crippen LogP contribution in [0.25, 0.3) is 33.1 Å². The van der Waals surface area contributed by atoms with Gasteiger partial charge in [-0.05, 0) is 71.6 Å². The molecule has 8 rings (SSSR count). The van der Waals surface area contributed by atoms with Crippen LogP contribution in [0, 0.1) is 0 Å². The van der Waals surface area contributed by atoms with E-state index < -0.39 is 5.41 Å². The lowest BCUT2D eigenvalue weighted by molar-refractivity contribution is 0.638. The minimum atomic E-state index is -0.447. The summed E-state index contributed by atoms with van der Waals surface area (Å²) in [6, 6.07) is 51.9. The summed E-state index contributed by atoms with van der Waals surface area (Å²) in [6.07, 6.45) is 0. The first-order valence-electron chi connectivity index (χ1n) is 13.8. The number of furan rings is 1. The van der Waals surface area contributed by atoms with Gasteiger partial charge in [-0.15, -0.1) is 0 Å². The summed E-state index contributed by atoms with van der Waals surface area (Å²) in [7, 11) is 0. The minimum absolute atomic E-state index is 0.447. The summed E-state index contributed by atoms with van der Waals surface area (Å²) in [6.45, 7) is 2.37. The molecule has 7 aromatic rings. The van der Waals surface area contributed by atoms with Gasteiger partial charge in [0.2, 0.25) is 0 Å². The van der Waals surface area contributed by atoms with Crippen molar-refractivity contribution in [1.29, 1.82) is 0 Å². The zero-order chi connectivity index (χ0) is 26.7. The molecule has 0 atom stereocenters. The zero-order valence-electron chi connectivity index (χ0n) is 22.2. The fourth-order valence-electron chi connectivity index (χ4n) is 6.75. The Hall–Kier alpha value is -5.08. The third kappa shape index (κ3) is 3.17. The molecule has 0 spiro atoms. The van der Waals surface area contributed by atoms with Crippen LogP contribution < -0.4 is 4.90 Å². The van der Waals surface area contributed by atoms with Crippen molar-refractivity contribution in [3.63, 3.8) is 0 Å². The standard InChI is InChI=1S/C38H27NO/c1-38(32-21-11-8-18-28(32)29-19-9-12-22-33(29)38)36-34(25-24-31-30-20-10-13-23-35(30)40-37(31)36)39(26-14-4-2-5-15-26)27-16-6-3-7-17-27/h2-25H,1H3. The van der Waals surface area contributed by atoms with Crippen molar-refractivity contribution < 1.29 is 4.42 Å². The van der Waals surface area contributed by atoms with Crippen molar-refractivity contribution in [3.8, 4) is 11.1 Å². The van der Waals surface area contributed by atoms with Gasteiger partial charge in [0, 0.05) is 33.1 Å². The van der Waals surface area contributed by atoms with E-state index in [0.717, 1.165) is 39.0 Å². The predicted molar refractivity (Wildman–Crippen MR) is 166 cm³/mol. The largest absolute Gasteiger partial charge is 0.456 e. The average Bonchev–Trinajstić information content (AvgIpc) is 3.52. The van der Waals surface area contributed by atoms with Crippen molar-refractivity contribution >= 4 is 39.0 Å². The van der Waals surface area contributed by atoms with Crippen LogP contribution in [-0.2, 0) is 5.41 Å². The lowest BCUT2D eigenvalue weighted by Crippen LogP contribution is -2.26. The molecule has 6 aromatic carbocycles. The molecule has 0 saturated carbocycles. The van der Waals surface area contributed by atoms with Crippen LogP contribution in [0.3, 0.4) is 0 Å². The SMILES string of the molecule is CC1(c2c(N(c3ccccc3)c3ccccc3)ccc3c2oc2ccccc23)c2ccccc2-c2ccccc21. The Bertz CT molecular complexity index is 1940. The van der Waals surface area contributed by atoms with Crippen molar-refractivity contribution in [2.45, 2.75) is 12.3 Å². The summed E-state index contributed by atoms with van der Waals surface area (Å²) in [5.41, 5.74) is 11.0. The number of hydrogen-bond donors (Lipinski definition) is 0. The lowest BCUT2D eigenvalue weighted by atomic mass is 9.72. The molecular weight excluding hydrogens is 486 g/mol. The van der Waals surface area contributed by atoms with Gasteiger partial charge in [0.1, 0.15) is 11.2 Å². The Balaban J connectivity index is 1.55. The first-order chi connectivity index (χ1) is 19.7. The van der Waals surface area contributed by atoms with E-state index in [4.69, 9.17) is 4.42 Å². The second kappa shape index (κ2) is 8.72. The van der Waals surface area contributed by atoms with Crippen molar-refractivity contribution in [3.05, 3.63) is 162 Å².